The second-order valence-corrected chi connectivity index (χ2v) is 11.0. The fourth-order valence-electron chi connectivity index (χ4n) is 4.07. The molecule has 1 fully saturated rings. The highest BCUT2D eigenvalue weighted by molar-refractivity contribution is 8.00. The van der Waals surface area contributed by atoms with E-state index < -0.39 is 23.0 Å². The van der Waals surface area contributed by atoms with Gasteiger partial charge >= 0.3 is 0 Å². The predicted molar refractivity (Wildman–Crippen MR) is 159 cm³/mol. The van der Waals surface area contributed by atoms with Gasteiger partial charge in [-0.1, -0.05) is 47.5 Å². The topological polar surface area (TPSA) is 109 Å². The van der Waals surface area contributed by atoms with Gasteiger partial charge in [0.25, 0.3) is 11.8 Å². The van der Waals surface area contributed by atoms with E-state index in [1.165, 1.54) is 36.2 Å². The predicted octanol–water partition coefficient (Wildman–Crippen LogP) is 6.42. The Kier molecular flexibility index (Phi) is 8.58. The van der Waals surface area contributed by atoms with Gasteiger partial charge in [0, 0.05) is 33.7 Å². The lowest BCUT2D eigenvalue weighted by Gasteiger charge is -2.17. The van der Waals surface area contributed by atoms with Gasteiger partial charge in [-0.05, 0) is 60.7 Å². The van der Waals surface area contributed by atoms with E-state index in [1.54, 1.807) is 72.8 Å². The van der Waals surface area contributed by atoms with Crippen LogP contribution < -0.4 is 15.5 Å². The van der Waals surface area contributed by atoms with Gasteiger partial charge in [-0.3, -0.25) is 19.2 Å². The standard InChI is InChI=1S/C30H21Cl2N3O5S/c31-19-11-12-23(32)25(14-19)35-27(36)17-26(30(35)39)41-22-10-4-8-20(15-22)33-29(38)24(16-21-9-5-13-40-21)34-28(37)18-6-2-1-3-7-18/h1-16,26H,17H2,(H,33,38)(H,34,37)/b24-16-/t26-/m1/s1. The summed E-state index contributed by atoms with van der Waals surface area (Å²) in [6.45, 7) is 0. The van der Waals surface area contributed by atoms with Gasteiger partial charge in [0.1, 0.15) is 11.5 Å². The Bertz CT molecular complexity index is 1660. The number of rotatable bonds is 8. The molecule has 0 bridgehead atoms. The van der Waals surface area contributed by atoms with Gasteiger partial charge in [0.2, 0.25) is 11.8 Å². The maximum Gasteiger partial charge on any atom is 0.272 e. The molecule has 1 saturated heterocycles. The number of anilines is 2. The highest BCUT2D eigenvalue weighted by Gasteiger charge is 2.41. The average Bonchev–Trinajstić information content (AvgIpc) is 3.57. The molecular formula is C30H21Cl2N3O5S. The summed E-state index contributed by atoms with van der Waals surface area (Å²) in [5.74, 6) is -1.46. The van der Waals surface area contributed by atoms with Gasteiger partial charge in [0.05, 0.1) is 22.2 Å². The van der Waals surface area contributed by atoms with Crippen molar-refractivity contribution in [3.05, 3.63) is 118 Å². The molecule has 1 atom stereocenters. The lowest BCUT2D eigenvalue weighted by molar-refractivity contribution is -0.121. The number of carbonyl (C=O) groups is 4. The number of amides is 4. The smallest absolute Gasteiger partial charge is 0.272 e. The zero-order valence-electron chi connectivity index (χ0n) is 21.2. The van der Waals surface area contributed by atoms with E-state index in [-0.39, 0.29) is 28.7 Å². The van der Waals surface area contributed by atoms with E-state index in [0.717, 1.165) is 4.90 Å². The van der Waals surface area contributed by atoms with Crippen molar-refractivity contribution < 1.29 is 23.6 Å². The number of furan rings is 1. The molecule has 0 radical (unpaired) electrons. The van der Waals surface area contributed by atoms with Crippen molar-refractivity contribution in [3.8, 4) is 0 Å². The van der Waals surface area contributed by atoms with Crippen LogP contribution in [0.5, 0.6) is 0 Å². The molecule has 0 saturated carbocycles. The van der Waals surface area contributed by atoms with Crippen LogP contribution in [0.25, 0.3) is 6.08 Å². The summed E-state index contributed by atoms with van der Waals surface area (Å²) in [6.07, 6.45) is 2.86. The first-order valence-electron chi connectivity index (χ1n) is 12.3. The van der Waals surface area contributed by atoms with E-state index in [0.29, 0.717) is 26.9 Å². The maximum absolute atomic E-state index is 13.2. The molecule has 1 aliphatic heterocycles. The Morgan fingerprint density at radius 2 is 1.76 bits per heavy atom. The molecule has 0 spiro atoms. The van der Waals surface area contributed by atoms with Crippen molar-refractivity contribution in [2.24, 2.45) is 0 Å². The number of nitrogens with one attached hydrogen (secondary N) is 2. The highest BCUT2D eigenvalue weighted by atomic mass is 35.5. The number of imide groups is 1. The molecule has 0 aliphatic carbocycles. The molecule has 2 heterocycles. The summed E-state index contributed by atoms with van der Waals surface area (Å²) < 4.78 is 5.33. The van der Waals surface area contributed by atoms with Gasteiger partial charge in [0.15, 0.2) is 0 Å². The Labute approximate surface area is 249 Å². The SMILES string of the molecule is O=C(Nc1cccc(S[C@@H]2CC(=O)N(c3cc(Cl)ccc3Cl)C2=O)c1)/C(=C/c1ccco1)NC(=O)c1ccccc1. The van der Waals surface area contributed by atoms with Crippen LogP contribution in [0.2, 0.25) is 10.0 Å². The highest BCUT2D eigenvalue weighted by Crippen LogP contribution is 2.38. The minimum absolute atomic E-state index is 0.0233. The second kappa shape index (κ2) is 12.5. The normalized spacial score (nSPS) is 15.2. The first kappa shape index (κ1) is 28.2. The molecule has 5 rings (SSSR count). The van der Waals surface area contributed by atoms with E-state index >= 15 is 0 Å². The minimum Gasteiger partial charge on any atom is -0.465 e. The number of hydrogen-bond donors (Lipinski definition) is 2. The monoisotopic (exact) mass is 605 g/mol. The largest absolute Gasteiger partial charge is 0.465 e. The maximum atomic E-state index is 13.2. The quantitative estimate of drug-likeness (QED) is 0.177. The van der Waals surface area contributed by atoms with Gasteiger partial charge in [-0.25, -0.2) is 4.90 Å². The van der Waals surface area contributed by atoms with Crippen molar-refractivity contribution in [2.45, 2.75) is 16.6 Å². The number of benzene rings is 3. The fraction of sp³-hybridized carbons (Fsp3) is 0.0667. The average molecular weight is 606 g/mol. The summed E-state index contributed by atoms with van der Waals surface area (Å²) >= 11 is 13.5. The van der Waals surface area contributed by atoms with Crippen molar-refractivity contribution in [2.75, 3.05) is 10.2 Å². The second-order valence-electron chi connectivity index (χ2n) is 8.85. The molecule has 1 aromatic heterocycles. The lowest BCUT2D eigenvalue weighted by atomic mass is 10.2. The number of carbonyl (C=O) groups excluding carboxylic acids is 4. The summed E-state index contributed by atoms with van der Waals surface area (Å²) in [5.41, 5.74) is 1.02. The van der Waals surface area contributed by atoms with Crippen LogP contribution in [-0.4, -0.2) is 28.9 Å². The molecule has 0 unspecified atom stereocenters. The molecule has 8 nitrogen and oxygen atoms in total. The summed E-state index contributed by atoms with van der Waals surface area (Å²) in [5, 5.41) is 5.32. The van der Waals surface area contributed by atoms with Crippen LogP contribution in [-0.2, 0) is 14.4 Å². The van der Waals surface area contributed by atoms with Crippen LogP contribution >= 0.6 is 35.0 Å². The summed E-state index contributed by atoms with van der Waals surface area (Å²) in [6, 6.07) is 23.2. The zero-order chi connectivity index (χ0) is 28.9. The van der Waals surface area contributed by atoms with Crippen molar-refractivity contribution in [3.63, 3.8) is 0 Å². The third kappa shape index (κ3) is 6.71. The molecule has 4 amide bonds. The van der Waals surface area contributed by atoms with Gasteiger partial charge in [-0.15, -0.1) is 11.8 Å². The Morgan fingerprint density at radius 3 is 2.51 bits per heavy atom. The first-order valence-corrected chi connectivity index (χ1v) is 13.9. The number of hydrogen-bond acceptors (Lipinski definition) is 6. The van der Waals surface area contributed by atoms with E-state index in [4.69, 9.17) is 27.6 Å². The van der Waals surface area contributed by atoms with E-state index in [9.17, 15) is 19.2 Å². The molecule has 206 valence electrons. The van der Waals surface area contributed by atoms with Crippen LogP contribution in [0.15, 0.2) is 106 Å². The third-order valence-electron chi connectivity index (χ3n) is 5.98. The van der Waals surface area contributed by atoms with Gasteiger partial charge < -0.3 is 15.1 Å². The van der Waals surface area contributed by atoms with E-state index in [2.05, 4.69) is 10.6 Å². The molecule has 4 aromatic rings. The number of thioether (sulfide) groups is 1. The van der Waals surface area contributed by atoms with Crippen molar-refractivity contribution in [1.82, 2.24) is 5.32 Å². The van der Waals surface area contributed by atoms with Crippen LogP contribution in [0, 0.1) is 0 Å². The Morgan fingerprint density at radius 1 is 0.951 bits per heavy atom. The molecular weight excluding hydrogens is 585 g/mol. The number of halogens is 2. The van der Waals surface area contributed by atoms with Crippen LogP contribution in [0.1, 0.15) is 22.5 Å². The van der Waals surface area contributed by atoms with Crippen LogP contribution in [0.3, 0.4) is 0 Å². The van der Waals surface area contributed by atoms with E-state index in [1.807, 2.05) is 0 Å². The molecule has 41 heavy (non-hydrogen) atoms. The molecule has 1 aliphatic rings. The molecule has 3 aromatic carbocycles. The number of nitrogens with zero attached hydrogens (tertiary/aromatic N) is 1. The first-order chi connectivity index (χ1) is 19.8. The van der Waals surface area contributed by atoms with Gasteiger partial charge in [-0.2, -0.15) is 0 Å². The molecule has 11 heteroatoms. The summed E-state index contributed by atoms with van der Waals surface area (Å²) in [7, 11) is 0. The fourth-order valence-corrected chi connectivity index (χ4v) is 5.56. The minimum atomic E-state index is -0.692. The Balaban J connectivity index is 1.31. The third-order valence-corrected chi connectivity index (χ3v) is 7.72. The lowest BCUT2D eigenvalue weighted by Crippen LogP contribution is -2.31. The molecule has 2 N–H and O–H groups in total. The summed E-state index contributed by atoms with van der Waals surface area (Å²) in [4.78, 5) is 53.6. The van der Waals surface area contributed by atoms with Crippen LogP contribution in [0.4, 0.5) is 11.4 Å². The zero-order valence-corrected chi connectivity index (χ0v) is 23.5. The van der Waals surface area contributed by atoms with Crippen molar-refractivity contribution in [1.29, 1.82) is 0 Å². The van der Waals surface area contributed by atoms with Crippen molar-refractivity contribution >= 4 is 76.0 Å². The Hall–Kier alpha value is -4.31.